The molecule has 2 atom stereocenters. The summed E-state index contributed by atoms with van der Waals surface area (Å²) in [4.78, 5) is 32.7. The van der Waals surface area contributed by atoms with Crippen LogP contribution < -0.4 is 0 Å². The van der Waals surface area contributed by atoms with Crippen molar-refractivity contribution in [3.8, 4) is 0 Å². The first kappa shape index (κ1) is 26.1. The van der Waals surface area contributed by atoms with Gasteiger partial charge < -0.3 is 14.5 Å². The highest BCUT2D eigenvalue weighted by Crippen LogP contribution is 2.35. The molecule has 0 radical (unpaired) electrons. The number of hydrogen-bond acceptors (Lipinski definition) is 4. The molecule has 5 rings (SSSR count). The van der Waals surface area contributed by atoms with Crippen molar-refractivity contribution in [3.05, 3.63) is 70.7 Å². The van der Waals surface area contributed by atoms with Crippen molar-refractivity contribution in [1.82, 2.24) is 14.7 Å². The van der Waals surface area contributed by atoms with Gasteiger partial charge in [-0.15, -0.1) is 0 Å². The Bertz CT molecular complexity index is 1070. The number of halogens is 1. The monoisotopic (exact) mass is 523 g/mol. The minimum Gasteiger partial charge on any atom is -0.453 e. The summed E-state index contributed by atoms with van der Waals surface area (Å²) in [5, 5.41) is 0.498. The molecule has 3 fully saturated rings. The molecule has 2 aromatic rings. The summed E-state index contributed by atoms with van der Waals surface area (Å²) in [6.07, 6.45) is 6.63. The topological polar surface area (TPSA) is 53.1 Å². The average molecular weight is 524 g/mol. The van der Waals surface area contributed by atoms with Gasteiger partial charge in [0.2, 0.25) is 0 Å². The minimum atomic E-state index is -0.190. The van der Waals surface area contributed by atoms with Crippen LogP contribution in [-0.2, 0) is 4.74 Å². The van der Waals surface area contributed by atoms with E-state index in [0.717, 1.165) is 32.5 Å². The molecule has 3 aliphatic rings. The Morgan fingerprint density at radius 2 is 1.62 bits per heavy atom. The maximum atomic E-state index is 13.5. The first-order valence-electron chi connectivity index (χ1n) is 13.7. The highest BCUT2D eigenvalue weighted by atomic mass is 35.5. The molecule has 2 aromatic carbocycles. The number of carbonyl (C=O) groups is 2. The van der Waals surface area contributed by atoms with Crippen molar-refractivity contribution in [3.63, 3.8) is 0 Å². The standard InChI is InChI=1S/C30H38ClN3O3/c1-37-30(36)34(19-22-9-5-6-10-22)24-15-17-32(18-16-24)28-21-33(20-26(28)23-11-3-2-4-12-23)29(35)25-13-7-8-14-27(25)31/h2-4,7-8,11-14,22,24,26,28H,5-6,9-10,15-21H2,1H3/t26-,28+/m1/s1. The second-order valence-corrected chi connectivity index (χ2v) is 11.2. The highest BCUT2D eigenvalue weighted by Gasteiger charge is 2.42. The predicted molar refractivity (Wildman–Crippen MR) is 146 cm³/mol. The third-order valence-electron chi connectivity index (χ3n) is 8.66. The van der Waals surface area contributed by atoms with Gasteiger partial charge in [-0.1, -0.05) is 66.9 Å². The number of methoxy groups -OCH3 is 1. The lowest BCUT2D eigenvalue weighted by Crippen LogP contribution is -2.52. The molecular formula is C30H38ClN3O3. The van der Waals surface area contributed by atoms with Gasteiger partial charge in [0.15, 0.2) is 0 Å². The molecule has 0 unspecified atom stereocenters. The fraction of sp³-hybridized carbons (Fsp3) is 0.533. The molecule has 2 heterocycles. The van der Waals surface area contributed by atoms with Crippen LogP contribution in [0.2, 0.25) is 5.02 Å². The zero-order valence-corrected chi connectivity index (χ0v) is 22.5. The molecule has 2 aliphatic heterocycles. The maximum Gasteiger partial charge on any atom is 0.409 e. The van der Waals surface area contributed by atoms with Crippen molar-refractivity contribution in [2.45, 2.75) is 56.5 Å². The Kier molecular flexibility index (Phi) is 8.36. The lowest BCUT2D eigenvalue weighted by molar-refractivity contribution is 0.0568. The molecule has 198 valence electrons. The van der Waals surface area contributed by atoms with Crippen LogP contribution in [0.5, 0.6) is 0 Å². The number of amides is 2. The molecular weight excluding hydrogens is 486 g/mol. The number of ether oxygens (including phenoxy) is 1. The minimum absolute atomic E-state index is 0.00246. The van der Waals surface area contributed by atoms with E-state index in [1.807, 2.05) is 34.1 Å². The first-order valence-corrected chi connectivity index (χ1v) is 14.1. The fourth-order valence-corrected chi connectivity index (χ4v) is 6.86. The summed E-state index contributed by atoms with van der Waals surface area (Å²) in [7, 11) is 1.49. The van der Waals surface area contributed by atoms with Gasteiger partial charge in [0.05, 0.1) is 17.7 Å². The fourth-order valence-electron chi connectivity index (χ4n) is 6.65. The average Bonchev–Trinajstić information content (AvgIpc) is 3.62. The van der Waals surface area contributed by atoms with Gasteiger partial charge in [-0.3, -0.25) is 9.69 Å². The zero-order valence-electron chi connectivity index (χ0n) is 21.7. The number of nitrogens with zero attached hydrogens (tertiary/aromatic N) is 3. The summed E-state index contributed by atoms with van der Waals surface area (Å²) in [5.41, 5.74) is 1.83. The van der Waals surface area contributed by atoms with Gasteiger partial charge in [-0.25, -0.2) is 4.79 Å². The van der Waals surface area contributed by atoms with Crippen LogP contribution in [0.3, 0.4) is 0 Å². The van der Waals surface area contributed by atoms with E-state index in [2.05, 4.69) is 29.2 Å². The molecule has 1 saturated carbocycles. The van der Waals surface area contributed by atoms with E-state index >= 15 is 0 Å². The van der Waals surface area contributed by atoms with E-state index in [1.165, 1.54) is 38.4 Å². The molecule has 0 bridgehead atoms. The van der Waals surface area contributed by atoms with Crippen molar-refractivity contribution in [1.29, 1.82) is 0 Å². The smallest absolute Gasteiger partial charge is 0.409 e. The molecule has 2 amide bonds. The molecule has 7 heteroatoms. The van der Waals surface area contributed by atoms with Gasteiger partial charge in [-0.2, -0.15) is 0 Å². The Morgan fingerprint density at radius 1 is 0.946 bits per heavy atom. The van der Waals surface area contributed by atoms with Crippen molar-refractivity contribution in [2.24, 2.45) is 5.92 Å². The quantitative estimate of drug-likeness (QED) is 0.489. The Hall–Kier alpha value is -2.57. The predicted octanol–water partition coefficient (Wildman–Crippen LogP) is 5.67. The van der Waals surface area contributed by atoms with E-state index in [4.69, 9.17) is 16.3 Å². The van der Waals surface area contributed by atoms with Crippen LogP contribution in [0.4, 0.5) is 4.79 Å². The van der Waals surface area contributed by atoms with Gasteiger partial charge >= 0.3 is 6.09 Å². The molecule has 37 heavy (non-hydrogen) atoms. The normalized spacial score (nSPS) is 23.4. The molecule has 0 aromatic heterocycles. The van der Waals surface area contributed by atoms with Crippen LogP contribution in [-0.4, -0.2) is 78.6 Å². The third kappa shape index (κ3) is 5.80. The second-order valence-electron chi connectivity index (χ2n) is 10.8. The van der Waals surface area contributed by atoms with Crippen LogP contribution in [0.15, 0.2) is 54.6 Å². The second kappa shape index (κ2) is 11.9. The van der Waals surface area contributed by atoms with Gasteiger partial charge in [-0.05, 0) is 49.3 Å². The highest BCUT2D eigenvalue weighted by molar-refractivity contribution is 6.33. The maximum absolute atomic E-state index is 13.5. The summed E-state index contributed by atoms with van der Waals surface area (Å²) < 4.78 is 5.19. The SMILES string of the molecule is COC(=O)N(CC1CCCC1)C1CCN([C@H]2CN(C(=O)c3ccccc3Cl)C[C@@H]2c2ccccc2)CC1. The first-order chi connectivity index (χ1) is 18.0. The molecule has 2 saturated heterocycles. The Balaban J connectivity index is 1.30. The molecule has 6 nitrogen and oxygen atoms in total. The Labute approximate surface area is 225 Å². The molecule has 0 spiro atoms. The summed E-state index contributed by atoms with van der Waals surface area (Å²) in [6.45, 7) is 3.98. The number of benzene rings is 2. The number of hydrogen-bond donors (Lipinski definition) is 0. The van der Waals surface area contributed by atoms with Crippen molar-refractivity contribution >= 4 is 23.6 Å². The van der Waals surface area contributed by atoms with Crippen LogP contribution in [0.1, 0.15) is 60.4 Å². The van der Waals surface area contributed by atoms with E-state index in [9.17, 15) is 9.59 Å². The zero-order chi connectivity index (χ0) is 25.8. The van der Waals surface area contributed by atoms with E-state index in [0.29, 0.717) is 29.6 Å². The van der Waals surface area contributed by atoms with Crippen molar-refractivity contribution in [2.75, 3.05) is 39.8 Å². The van der Waals surface area contributed by atoms with Crippen LogP contribution in [0, 0.1) is 5.92 Å². The van der Waals surface area contributed by atoms with Gasteiger partial charge in [0.25, 0.3) is 5.91 Å². The van der Waals surface area contributed by atoms with Crippen LogP contribution in [0.25, 0.3) is 0 Å². The third-order valence-corrected chi connectivity index (χ3v) is 8.99. The molecule has 1 aliphatic carbocycles. The van der Waals surface area contributed by atoms with Crippen molar-refractivity contribution < 1.29 is 14.3 Å². The van der Waals surface area contributed by atoms with E-state index in [1.54, 1.807) is 6.07 Å². The largest absolute Gasteiger partial charge is 0.453 e. The number of rotatable bonds is 6. The number of carbonyl (C=O) groups excluding carboxylic acids is 2. The summed E-state index contributed by atoms with van der Waals surface area (Å²) in [5.74, 6) is 0.829. The molecule has 0 N–H and O–H groups in total. The van der Waals surface area contributed by atoms with Crippen LogP contribution >= 0.6 is 11.6 Å². The Morgan fingerprint density at radius 3 is 2.30 bits per heavy atom. The number of likely N-dealkylation sites (tertiary alicyclic amines) is 2. The summed E-state index contributed by atoms with van der Waals surface area (Å²) >= 11 is 6.38. The summed E-state index contributed by atoms with van der Waals surface area (Å²) in [6, 6.07) is 18.3. The van der Waals surface area contributed by atoms with Gasteiger partial charge in [0.1, 0.15) is 0 Å². The van der Waals surface area contributed by atoms with E-state index < -0.39 is 0 Å². The lowest BCUT2D eigenvalue weighted by Gasteiger charge is -2.42. The lowest BCUT2D eigenvalue weighted by atomic mass is 9.91. The van der Waals surface area contributed by atoms with E-state index in [-0.39, 0.29) is 30.0 Å². The van der Waals surface area contributed by atoms with Gasteiger partial charge in [0, 0.05) is 50.7 Å². The number of piperidine rings is 1.